The molecule has 2 rings (SSSR count). The van der Waals surface area contributed by atoms with Crippen LogP contribution < -0.4 is 5.32 Å². The largest absolute Gasteiger partial charge is 0.370 e. The monoisotopic (exact) mass is 217 g/mol. The van der Waals surface area contributed by atoms with Crippen molar-refractivity contribution in [1.82, 2.24) is 19.7 Å². The minimum atomic E-state index is 0.843. The highest BCUT2D eigenvalue weighted by Gasteiger charge is 1.99. The highest BCUT2D eigenvalue weighted by molar-refractivity contribution is 5.34. The van der Waals surface area contributed by atoms with E-state index in [2.05, 4.69) is 20.4 Å². The van der Waals surface area contributed by atoms with Gasteiger partial charge in [-0.05, 0) is 13.0 Å². The molecule has 84 valence electrons. The van der Waals surface area contributed by atoms with Crippen molar-refractivity contribution in [2.24, 2.45) is 7.05 Å². The number of anilines is 1. The minimum Gasteiger partial charge on any atom is -0.370 e. The fourth-order valence-corrected chi connectivity index (χ4v) is 1.52. The Morgan fingerprint density at radius 2 is 2.25 bits per heavy atom. The summed E-state index contributed by atoms with van der Waals surface area (Å²) in [5.74, 6) is 0.870. The van der Waals surface area contributed by atoms with Gasteiger partial charge in [0.05, 0.1) is 0 Å². The van der Waals surface area contributed by atoms with E-state index in [-0.39, 0.29) is 0 Å². The Labute approximate surface area is 94.5 Å². The van der Waals surface area contributed by atoms with Gasteiger partial charge in [0.1, 0.15) is 12.1 Å². The van der Waals surface area contributed by atoms with Gasteiger partial charge in [-0.3, -0.25) is 4.68 Å². The molecule has 0 spiro atoms. The van der Waals surface area contributed by atoms with Gasteiger partial charge in [0.25, 0.3) is 0 Å². The highest BCUT2D eigenvalue weighted by atomic mass is 15.3. The molecule has 0 aliphatic carbocycles. The summed E-state index contributed by atoms with van der Waals surface area (Å²) < 4.78 is 1.88. The molecule has 0 bridgehead atoms. The molecule has 5 nitrogen and oxygen atoms in total. The van der Waals surface area contributed by atoms with Crippen LogP contribution >= 0.6 is 0 Å². The zero-order valence-corrected chi connectivity index (χ0v) is 9.51. The van der Waals surface area contributed by atoms with Gasteiger partial charge in [0.15, 0.2) is 0 Å². The maximum absolute atomic E-state index is 4.14. The number of nitrogens with zero attached hydrogens (tertiary/aromatic N) is 4. The molecule has 0 aliphatic rings. The Kier molecular flexibility index (Phi) is 3.14. The standard InChI is InChI=1S/C11H15N5/c1-9-7-11(14-8-13-9)12-5-3-10-4-6-15-16(10)2/h4,6-8H,3,5H2,1-2H3,(H,12,13,14). The number of aryl methyl sites for hydroxylation is 2. The van der Waals surface area contributed by atoms with Crippen LogP contribution in [0, 0.1) is 6.92 Å². The Morgan fingerprint density at radius 3 is 2.94 bits per heavy atom. The first-order chi connectivity index (χ1) is 7.75. The smallest absolute Gasteiger partial charge is 0.129 e. The molecule has 0 amide bonds. The summed E-state index contributed by atoms with van der Waals surface area (Å²) in [6, 6.07) is 3.95. The van der Waals surface area contributed by atoms with Gasteiger partial charge in [0, 0.05) is 43.7 Å². The van der Waals surface area contributed by atoms with Gasteiger partial charge in [0.2, 0.25) is 0 Å². The first kappa shape index (κ1) is 10.6. The van der Waals surface area contributed by atoms with E-state index in [1.54, 1.807) is 6.33 Å². The molecule has 2 aromatic rings. The maximum atomic E-state index is 4.14. The van der Waals surface area contributed by atoms with Gasteiger partial charge in [-0.1, -0.05) is 0 Å². The predicted octanol–water partition coefficient (Wildman–Crippen LogP) is 1.17. The topological polar surface area (TPSA) is 55.6 Å². The van der Waals surface area contributed by atoms with E-state index in [0.717, 1.165) is 24.5 Å². The third-order valence-corrected chi connectivity index (χ3v) is 2.41. The van der Waals surface area contributed by atoms with Crippen LogP contribution in [0.1, 0.15) is 11.4 Å². The second-order valence-corrected chi connectivity index (χ2v) is 3.67. The molecule has 1 N–H and O–H groups in total. The molecule has 0 saturated carbocycles. The molecule has 0 unspecified atom stereocenters. The molecular formula is C11H15N5. The molecule has 2 heterocycles. The normalized spacial score (nSPS) is 10.4. The number of nitrogens with one attached hydrogen (secondary N) is 1. The van der Waals surface area contributed by atoms with Gasteiger partial charge < -0.3 is 5.32 Å². The predicted molar refractivity (Wildman–Crippen MR) is 62.2 cm³/mol. The number of hydrogen-bond acceptors (Lipinski definition) is 4. The van der Waals surface area contributed by atoms with E-state index >= 15 is 0 Å². The molecule has 5 heteroatoms. The van der Waals surface area contributed by atoms with E-state index in [1.165, 1.54) is 5.69 Å². The minimum absolute atomic E-state index is 0.843. The van der Waals surface area contributed by atoms with Crippen LogP contribution in [0.2, 0.25) is 0 Å². The molecular weight excluding hydrogens is 202 g/mol. The Hall–Kier alpha value is -1.91. The van der Waals surface area contributed by atoms with Gasteiger partial charge >= 0.3 is 0 Å². The second kappa shape index (κ2) is 4.74. The lowest BCUT2D eigenvalue weighted by Gasteiger charge is -2.05. The van der Waals surface area contributed by atoms with Crippen LogP contribution in [-0.2, 0) is 13.5 Å². The maximum Gasteiger partial charge on any atom is 0.129 e. The van der Waals surface area contributed by atoms with Crippen molar-refractivity contribution in [3.8, 4) is 0 Å². The van der Waals surface area contributed by atoms with Crippen molar-refractivity contribution in [2.45, 2.75) is 13.3 Å². The van der Waals surface area contributed by atoms with Crippen LogP contribution in [0.3, 0.4) is 0 Å². The van der Waals surface area contributed by atoms with E-state index < -0.39 is 0 Å². The summed E-state index contributed by atoms with van der Waals surface area (Å²) >= 11 is 0. The van der Waals surface area contributed by atoms with E-state index in [4.69, 9.17) is 0 Å². The first-order valence-electron chi connectivity index (χ1n) is 5.25. The van der Waals surface area contributed by atoms with E-state index in [9.17, 15) is 0 Å². The zero-order valence-electron chi connectivity index (χ0n) is 9.51. The molecule has 2 aromatic heterocycles. The van der Waals surface area contributed by atoms with Crippen LogP contribution in [0.4, 0.5) is 5.82 Å². The first-order valence-corrected chi connectivity index (χ1v) is 5.25. The average molecular weight is 217 g/mol. The fourth-order valence-electron chi connectivity index (χ4n) is 1.52. The van der Waals surface area contributed by atoms with Crippen LogP contribution in [0.5, 0.6) is 0 Å². The lowest BCUT2D eigenvalue weighted by Crippen LogP contribution is -2.09. The van der Waals surface area contributed by atoms with E-state index in [0.29, 0.717) is 0 Å². The average Bonchev–Trinajstić information content (AvgIpc) is 2.65. The number of hydrogen-bond donors (Lipinski definition) is 1. The summed E-state index contributed by atoms with van der Waals surface area (Å²) in [6.07, 6.45) is 4.31. The molecule has 0 aliphatic heterocycles. The van der Waals surface area contributed by atoms with Gasteiger partial charge in [-0.2, -0.15) is 5.10 Å². The molecule has 0 fully saturated rings. The fraction of sp³-hybridized carbons (Fsp3) is 0.364. The Bertz CT molecular complexity index is 463. The van der Waals surface area contributed by atoms with Crippen molar-refractivity contribution in [3.63, 3.8) is 0 Å². The van der Waals surface area contributed by atoms with Crippen LogP contribution in [-0.4, -0.2) is 26.3 Å². The summed E-state index contributed by atoms with van der Waals surface area (Å²) in [4.78, 5) is 8.18. The van der Waals surface area contributed by atoms with Gasteiger partial charge in [-0.15, -0.1) is 0 Å². The quantitative estimate of drug-likeness (QED) is 0.835. The van der Waals surface area contributed by atoms with Crippen LogP contribution in [0.15, 0.2) is 24.7 Å². The SMILES string of the molecule is Cc1cc(NCCc2ccnn2C)ncn1. The zero-order chi connectivity index (χ0) is 11.4. The summed E-state index contributed by atoms with van der Waals surface area (Å²) in [5, 5.41) is 7.38. The lowest BCUT2D eigenvalue weighted by atomic mass is 10.3. The highest BCUT2D eigenvalue weighted by Crippen LogP contribution is 2.03. The summed E-state index contributed by atoms with van der Waals surface area (Å²) in [6.45, 7) is 2.80. The van der Waals surface area contributed by atoms with Crippen molar-refractivity contribution in [1.29, 1.82) is 0 Å². The number of rotatable bonds is 4. The van der Waals surface area contributed by atoms with Crippen molar-refractivity contribution < 1.29 is 0 Å². The molecule has 0 radical (unpaired) electrons. The van der Waals surface area contributed by atoms with Crippen molar-refractivity contribution in [3.05, 3.63) is 36.0 Å². The lowest BCUT2D eigenvalue weighted by molar-refractivity contribution is 0.711. The van der Waals surface area contributed by atoms with Crippen molar-refractivity contribution in [2.75, 3.05) is 11.9 Å². The third-order valence-electron chi connectivity index (χ3n) is 2.41. The Morgan fingerprint density at radius 1 is 1.38 bits per heavy atom. The molecule has 0 atom stereocenters. The number of aromatic nitrogens is 4. The van der Waals surface area contributed by atoms with Crippen molar-refractivity contribution >= 4 is 5.82 Å². The Balaban J connectivity index is 1.87. The third kappa shape index (κ3) is 2.56. The van der Waals surface area contributed by atoms with E-state index in [1.807, 2.05) is 37.0 Å². The summed E-state index contributed by atoms with van der Waals surface area (Å²) in [7, 11) is 1.95. The molecule has 16 heavy (non-hydrogen) atoms. The second-order valence-electron chi connectivity index (χ2n) is 3.67. The summed E-state index contributed by atoms with van der Waals surface area (Å²) in [5.41, 5.74) is 2.18. The molecule has 0 saturated heterocycles. The molecule has 0 aromatic carbocycles. The van der Waals surface area contributed by atoms with Crippen LogP contribution in [0.25, 0.3) is 0 Å². The van der Waals surface area contributed by atoms with Gasteiger partial charge in [-0.25, -0.2) is 9.97 Å².